The molecule has 26 heavy (non-hydrogen) atoms. The van der Waals surface area contributed by atoms with Crippen LogP contribution in [0.4, 0.5) is 0 Å². The van der Waals surface area contributed by atoms with E-state index in [1.807, 2.05) is 11.4 Å². The van der Waals surface area contributed by atoms with Crippen LogP contribution in [-0.2, 0) is 13.0 Å². The molecular formula is C18H14ClN3O3S. The first-order chi connectivity index (χ1) is 12.5. The molecule has 132 valence electrons. The SMILES string of the molecule is O=C(O)c1nn(-c2ccc(Cl)cc2)c2c1CN(C(=O)c1cccs1)CC2. The van der Waals surface area contributed by atoms with E-state index in [4.69, 9.17) is 11.6 Å². The van der Waals surface area contributed by atoms with E-state index in [-0.39, 0.29) is 18.1 Å². The number of aromatic nitrogens is 2. The monoisotopic (exact) mass is 387 g/mol. The summed E-state index contributed by atoms with van der Waals surface area (Å²) in [6.07, 6.45) is 0.537. The van der Waals surface area contributed by atoms with E-state index in [9.17, 15) is 14.7 Å². The number of aromatic carboxylic acids is 1. The Morgan fingerprint density at radius 1 is 1.19 bits per heavy atom. The van der Waals surface area contributed by atoms with Crippen molar-refractivity contribution in [3.63, 3.8) is 0 Å². The second-order valence-corrected chi connectivity index (χ2v) is 7.31. The molecule has 1 amide bonds. The zero-order chi connectivity index (χ0) is 18.3. The Kier molecular flexibility index (Phi) is 4.26. The number of nitrogens with zero attached hydrogens (tertiary/aromatic N) is 3. The first kappa shape index (κ1) is 16.8. The molecule has 0 radical (unpaired) electrons. The van der Waals surface area contributed by atoms with Crippen LogP contribution in [0.3, 0.4) is 0 Å². The van der Waals surface area contributed by atoms with Crippen molar-refractivity contribution in [3.05, 3.63) is 68.6 Å². The molecule has 1 aromatic carbocycles. The Morgan fingerprint density at radius 3 is 2.62 bits per heavy atom. The predicted octanol–water partition coefficient (Wildman–Crippen LogP) is 3.48. The van der Waals surface area contributed by atoms with Crippen molar-refractivity contribution in [3.8, 4) is 5.69 Å². The summed E-state index contributed by atoms with van der Waals surface area (Å²) in [4.78, 5) is 26.6. The molecular weight excluding hydrogens is 374 g/mol. The number of hydrogen-bond donors (Lipinski definition) is 1. The molecule has 0 aliphatic carbocycles. The molecule has 3 heterocycles. The third-order valence-corrected chi connectivity index (χ3v) is 5.46. The van der Waals surface area contributed by atoms with Crippen LogP contribution in [0.5, 0.6) is 0 Å². The van der Waals surface area contributed by atoms with E-state index in [0.29, 0.717) is 28.4 Å². The standard InChI is InChI=1S/C18H14ClN3O3S/c19-11-3-5-12(6-4-11)22-14-7-8-21(17(23)15-2-1-9-26-15)10-13(14)16(20-22)18(24)25/h1-6,9H,7-8,10H2,(H,24,25). The zero-order valence-corrected chi connectivity index (χ0v) is 15.1. The quantitative estimate of drug-likeness (QED) is 0.746. The van der Waals surface area contributed by atoms with E-state index in [2.05, 4.69) is 5.10 Å². The Bertz CT molecular complexity index is 980. The highest BCUT2D eigenvalue weighted by molar-refractivity contribution is 7.12. The van der Waals surface area contributed by atoms with Crippen molar-refractivity contribution in [2.24, 2.45) is 0 Å². The lowest BCUT2D eigenvalue weighted by Crippen LogP contribution is -2.36. The summed E-state index contributed by atoms with van der Waals surface area (Å²) >= 11 is 7.31. The van der Waals surface area contributed by atoms with Gasteiger partial charge in [-0.15, -0.1) is 11.3 Å². The smallest absolute Gasteiger partial charge is 0.356 e. The summed E-state index contributed by atoms with van der Waals surface area (Å²) in [6, 6.07) is 10.7. The Morgan fingerprint density at radius 2 is 1.96 bits per heavy atom. The van der Waals surface area contributed by atoms with Crippen LogP contribution in [0, 0.1) is 0 Å². The minimum Gasteiger partial charge on any atom is -0.476 e. The van der Waals surface area contributed by atoms with Crippen molar-refractivity contribution in [2.75, 3.05) is 6.54 Å². The molecule has 0 saturated heterocycles. The van der Waals surface area contributed by atoms with Crippen molar-refractivity contribution in [1.82, 2.24) is 14.7 Å². The molecule has 0 unspecified atom stereocenters. The average molecular weight is 388 g/mol. The lowest BCUT2D eigenvalue weighted by Gasteiger charge is -2.27. The van der Waals surface area contributed by atoms with Crippen molar-refractivity contribution in [2.45, 2.75) is 13.0 Å². The van der Waals surface area contributed by atoms with Crippen molar-refractivity contribution < 1.29 is 14.7 Å². The van der Waals surface area contributed by atoms with Gasteiger partial charge in [0.05, 0.1) is 22.8 Å². The summed E-state index contributed by atoms with van der Waals surface area (Å²) in [7, 11) is 0. The molecule has 1 N–H and O–H groups in total. The molecule has 8 heteroatoms. The number of fused-ring (bicyclic) bond motifs is 1. The fourth-order valence-electron chi connectivity index (χ4n) is 3.12. The molecule has 0 saturated carbocycles. The maximum atomic E-state index is 12.6. The van der Waals surface area contributed by atoms with Gasteiger partial charge in [0.2, 0.25) is 0 Å². The van der Waals surface area contributed by atoms with Gasteiger partial charge in [0.15, 0.2) is 5.69 Å². The van der Waals surface area contributed by atoms with Gasteiger partial charge in [-0.3, -0.25) is 4.79 Å². The van der Waals surface area contributed by atoms with E-state index < -0.39 is 5.97 Å². The lowest BCUT2D eigenvalue weighted by molar-refractivity contribution is 0.0675. The van der Waals surface area contributed by atoms with Crippen LogP contribution >= 0.6 is 22.9 Å². The highest BCUT2D eigenvalue weighted by Gasteiger charge is 2.31. The van der Waals surface area contributed by atoms with E-state index in [1.54, 1.807) is 39.9 Å². The van der Waals surface area contributed by atoms with Gasteiger partial charge in [-0.2, -0.15) is 5.10 Å². The van der Waals surface area contributed by atoms with Gasteiger partial charge in [-0.05, 0) is 35.7 Å². The highest BCUT2D eigenvalue weighted by Crippen LogP contribution is 2.27. The van der Waals surface area contributed by atoms with Gasteiger partial charge in [-0.1, -0.05) is 17.7 Å². The summed E-state index contributed by atoms with van der Waals surface area (Å²) in [6.45, 7) is 0.753. The third-order valence-electron chi connectivity index (χ3n) is 4.35. The minimum absolute atomic E-state index is 0.0152. The van der Waals surface area contributed by atoms with Gasteiger partial charge in [0.1, 0.15) is 0 Å². The third kappa shape index (κ3) is 2.89. The number of benzene rings is 1. The second kappa shape index (κ2) is 6.59. The molecule has 3 aromatic rings. The maximum Gasteiger partial charge on any atom is 0.356 e. The van der Waals surface area contributed by atoms with Gasteiger partial charge in [0, 0.05) is 23.6 Å². The fourth-order valence-corrected chi connectivity index (χ4v) is 3.93. The Hall–Kier alpha value is -2.64. The van der Waals surface area contributed by atoms with E-state index >= 15 is 0 Å². The van der Waals surface area contributed by atoms with Gasteiger partial charge >= 0.3 is 5.97 Å². The second-order valence-electron chi connectivity index (χ2n) is 5.92. The molecule has 0 atom stereocenters. The number of carbonyl (C=O) groups excluding carboxylic acids is 1. The molecule has 0 fully saturated rings. The molecule has 2 aromatic heterocycles. The van der Waals surface area contributed by atoms with Crippen molar-refractivity contribution in [1.29, 1.82) is 0 Å². The van der Waals surface area contributed by atoms with Crippen LogP contribution in [0.1, 0.15) is 31.4 Å². The highest BCUT2D eigenvalue weighted by atomic mass is 35.5. The van der Waals surface area contributed by atoms with Crippen LogP contribution < -0.4 is 0 Å². The average Bonchev–Trinajstić information content (AvgIpc) is 3.29. The molecule has 4 rings (SSSR count). The Balaban J connectivity index is 1.73. The van der Waals surface area contributed by atoms with E-state index in [1.165, 1.54) is 11.3 Å². The molecule has 0 spiro atoms. The number of rotatable bonds is 3. The Labute approximate surface area is 158 Å². The maximum absolute atomic E-state index is 12.6. The normalized spacial score (nSPS) is 13.5. The first-order valence-electron chi connectivity index (χ1n) is 7.97. The number of halogens is 1. The summed E-state index contributed by atoms with van der Waals surface area (Å²) in [5, 5.41) is 16.3. The van der Waals surface area contributed by atoms with Gasteiger partial charge in [-0.25, -0.2) is 9.48 Å². The fraction of sp³-hybridized carbons (Fsp3) is 0.167. The number of amides is 1. The van der Waals surface area contributed by atoms with Crippen LogP contribution in [0.25, 0.3) is 5.69 Å². The molecule has 6 nitrogen and oxygen atoms in total. The number of carboxylic acid groups (broad SMARTS) is 1. The summed E-state index contributed by atoms with van der Waals surface area (Å²) in [5.74, 6) is -1.18. The number of carbonyl (C=O) groups is 2. The van der Waals surface area contributed by atoms with Crippen molar-refractivity contribution >= 4 is 34.8 Å². The number of carboxylic acids is 1. The topological polar surface area (TPSA) is 75.4 Å². The van der Waals surface area contributed by atoms with Gasteiger partial charge < -0.3 is 10.0 Å². The first-order valence-corrected chi connectivity index (χ1v) is 9.23. The summed E-state index contributed by atoms with van der Waals surface area (Å²) < 4.78 is 1.64. The van der Waals surface area contributed by atoms with Crippen LogP contribution in [0.2, 0.25) is 5.02 Å². The molecule has 1 aliphatic rings. The van der Waals surface area contributed by atoms with Crippen LogP contribution in [0.15, 0.2) is 41.8 Å². The number of thiophene rings is 1. The molecule has 1 aliphatic heterocycles. The zero-order valence-electron chi connectivity index (χ0n) is 13.6. The number of hydrogen-bond acceptors (Lipinski definition) is 4. The predicted molar refractivity (Wildman–Crippen MR) is 98.3 cm³/mol. The van der Waals surface area contributed by atoms with E-state index in [0.717, 1.165) is 11.4 Å². The summed E-state index contributed by atoms with van der Waals surface area (Å²) in [5.41, 5.74) is 2.14. The van der Waals surface area contributed by atoms with Crippen LogP contribution in [-0.4, -0.2) is 38.2 Å². The van der Waals surface area contributed by atoms with Gasteiger partial charge in [0.25, 0.3) is 5.91 Å². The minimum atomic E-state index is -1.10. The molecule has 0 bridgehead atoms. The largest absolute Gasteiger partial charge is 0.476 e. The lowest BCUT2D eigenvalue weighted by atomic mass is 10.0.